The fourth-order valence-electron chi connectivity index (χ4n) is 3.63. The van der Waals surface area contributed by atoms with E-state index in [9.17, 15) is 4.79 Å². The molecule has 0 radical (unpaired) electrons. The highest BCUT2D eigenvalue weighted by Gasteiger charge is 2.30. The monoisotopic (exact) mass is 484 g/mol. The summed E-state index contributed by atoms with van der Waals surface area (Å²) < 4.78 is 11.4. The van der Waals surface area contributed by atoms with Gasteiger partial charge in [0, 0.05) is 38.1 Å². The molecule has 188 valence electrons. The van der Waals surface area contributed by atoms with Crippen LogP contribution >= 0.6 is 0 Å². The van der Waals surface area contributed by atoms with Crippen LogP contribution < -0.4 is 5.32 Å². The second-order valence-electron chi connectivity index (χ2n) is 8.98. The molecule has 0 aromatic carbocycles. The van der Waals surface area contributed by atoms with Gasteiger partial charge in [-0.15, -0.1) is 0 Å². The largest absolute Gasteiger partial charge is 0.471 e. The lowest BCUT2D eigenvalue weighted by Gasteiger charge is -2.24. The number of imidazole rings is 1. The summed E-state index contributed by atoms with van der Waals surface area (Å²) in [5.41, 5.74) is 1.76. The van der Waals surface area contributed by atoms with Crippen LogP contribution in [0.1, 0.15) is 39.9 Å². The van der Waals surface area contributed by atoms with Crippen LogP contribution in [0.5, 0.6) is 0 Å². The molecule has 1 unspecified atom stereocenters. The Morgan fingerprint density at radius 2 is 1.91 bits per heavy atom. The number of nitrogens with one attached hydrogen (secondary N) is 1. The third kappa shape index (κ3) is 6.40. The fraction of sp³-hybridized carbons (Fsp3) is 0.522. The molecule has 1 amide bonds. The molecule has 0 spiro atoms. The number of anilines is 1. The summed E-state index contributed by atoms with van der Waals surface area (Å²) in [6.45, 7) is 11.8. The van der Waals surface area contributed by atoms with Crippen LogP contribution in [-0.4, -0.2) is 78.8 Å². The first kappa shape index (κ1) is 25.8. The molecular weight excluding hydrogens is 452 g/mol. The van der Waals surface area contributed by atoms with Crippen molar-refractivity contribution in [3.8, 4) is 11.4 Å². The van der Waals surface area contributed by atoms with Crippen LogP contribution in [0.3, 0.4) is 0 Å². The maximum Gasteiger partial charge on any atom is 0.410 e. The predicted octanol–water partition coefficient (Wildman–Crippen LogP) is 2.82. The number of rotatable bonds is 5. The molecule has 3 aromatic heterocycles. The minimum atomic E-state index is -0.509. The van der Waals surface area contributed by atoms with Crippen LogP contribution in [0.15, 0.2) is 18.7 Å². The predicted molar refractivity (Wildman–Crippen MR) is 130 cm³/mol. The van der Waals surface area contributed by atoms with Gasteiger partial charge >= 0.3 is 6.09 Å². The van der Waals surface area contributed by atoms with E-state index in [1.807, 2.05) is 39.2 Å². The summed E-state index contributed by atoms with van der Waals surface area (Å²) >= 11 is 0. The number of carbonyl (C=O) groups is 2. The first-order valence-electron chi connectivity index (χ1n) is 11.4. The van der Waals surface area contributed by atoms with Crippen LogP contribution in [0.25, 0.3) is 22.6 Å². The quantitative estimate of drug-likeness (QED) is 0.538. The normalized spacial score (nSPS) is 15.4. The van der Waals surface area contributed by atoms with E-state index in [2.05, 4.69) is 30.0 Å². The Balaban J connectivity index is 0.000000795. The molecule has 0 saturated carbocycles. The van der Waals surface area contributed by atoms with Gasteiger partial charge in [0.05, 0.1) is 12.7 Å². The van der Waals surface area contributed by atoms with Gasteiger partial charge in [0.15, 0.2) is 17.0 Å². The lowest BCUT2D eigenvalue weighted by molar-refractivity contribution is -0.126. The molecule has 35 heavy (non-hydrogen) atoms. The zero-order chi connectivity index (χ0) is 25.6. The lowest BCUT2D eigenvalue weighted by Crippen LogP contribution is -2.36. The van der Waals surface area contributed by atoms with E-state index in [4.69, 9.17) is 14.5 Å². The van der Waals surface area contributed by atoms with Gasteiger partial charge in [0.2, 0.25) is 0 Å². The van der Waals surface area contributed by atoms with E-state index in [0.717, 1.165) is 23.5 Å². The molecular formula is C23H32N8O4. The molecule has 4 rings (SSSR count). The highest BCUT2D eigenvalue weighted by Crippen LogP contribution is 2.27. The Morgan fingerprint density at radius 1 is 1.23 bits per heavy atom. The van der Waals surface area contributed by atoms with Crippen molar-refractivity contribution in [3.63, 3.8) is 0 Å². The molecule has 3 aromatic rings. The molecule has 12 heteroatoms. The number of hydrogen-bond donors (Lipinski definition) is 1. The fourth-order valence-corrected chi connectivity index (χ4v) is 3.63. The van der Waals surface area contributed by atoms with Gasteiger partial charge < -0.3 is 24.3 Å². The number of amides is 1. The summed E-state index contributed by atoms with van der Waals surface area (Å²) in [6, 6.07) is 0.0588. The summed E-state index contributed by atoms with van der Waals surface area (Å²) in [4.78, 5) is 45.3. The van der Waals surface area contributed by atoms with Crippen molar-refractivity contribution in [2.45, 2.75) is 59.2 Å². The highest BCUT2D eigenvalue weighted by molar-refractivity contribution is 5.86. The van der Waals surface area contributed by atoms with Gasteiger partial charge in [-0.25, -0.2) is 29.7 Å². The average Bonchev–Trinajstić information content (AvgIpc) is 3.44. The van der Waals surface area contributed by atoms with Gasteiger partial charge in [-0.1, -0.05) is 0 Å². The van der Waals surface area contributed by atoms with Crippen LogP contribution in [-0.2, 0) is 20.8 Å². The molecule has 1 aliphatic rings. The highest BCUT2D eigenvalue weighted by atomic mass is 16.6. The second kappa shape index (κ2) is 11.1. The van der Waals surface area contributed by atoms with Crippen molar-refractivity contribution in [2.75, 3.05) is 25.5 Å². The minimum absolute atomic E-state index is 0.0588. The summed E-state index contributed by atoms with van der Waals surface area (Å²) in [7, 11) is 1.31. The van der Waals surface area contributed by atoms with E-state index in [-0.39, 0.29) is 12.1 Å². The van der Waals surface area contributed by atoms with Crippen molar-refractivity contribution in [1.82, 2.24) is 34.4 Å². The number of fused-ring (bicyclic) bond motifs is 1. The number of aromatic nitrogens is 6. The standard InChI is InChI=1S/C21H28N8O2.C2H4O2/c1-6-29-18(14-9-22-13(2)23-10-14)27-16-17(24-12-25-19(16)29)26-15-7-8-28(11-15)20(30)31-21(3,4)5;1-4-2-3/h9-10,12,15H,6-8,11H2,1-5H3,(H,24,25,26);2H,1H3. The summed E-state index contributed by atoms with van der Waals surface area (Å²) in [5, 5.41) is 3.45. The van der Waals surface area contributed by atoms with Gasteiger partial charge in [-0.05, 0) is 41.0 Å². The van der Waals surface area contributed by atoms with Crippen LogP contribution in [0, 0.1) is 6.92 Å². The van der Waals surface area contributed by atoms with Crippen molar-refractivity contribution in [1.29, 1.82) is 0 Å². The lowest BCUT2D eigenvalue weighted by atomic mass is 10.2. The van der Waals surface area contributed by atoms with Gasteiger partial charge in [-0.2, -0.15) is 0 Å². The molecule has 0 aliphatic carbocycles. The topological polar surface area (TPSA) is 137 Å². The van der Waals surface area contributed by atoms with E-state index in [0.29, 0.717) is 43.3 Å². The molecule has 1 fully saturated rings. The SMILES string of the molecule is CCn1c(-c2cnc(C)nc2)nc2c(NC3CCN(C(=O)OC(C)(C)C)C3)ncnc21.COC=O. The molecule has 1 saturated heterocycles. The molecule has 0 bridgehead atoms. The zero-order valence-electron chi connectivity index (χ0n) is 21.0. The molecule has 12 nitrogen and oxygen atoms in total. The van der Waals surface area contributed by atoms with Crippen molar-refractivity contribution in [3.05, 3.63) is 24.5 Å². The number of likely N-dealkylation sites (tertiary alicyclic amines) is 1. The van der Waals surface area contributed by atoms with Gasteiger partial charge in [0.25, 0.3) is 6.47 Å². The second-order valence-corrected chi connectivity index (χ2v) is 8.98. The van der Waals surface area contributed by atoms with Crippen molar-refractivity contribution < 1.29 is 19.1 Å². The van der Waals surface area contributed by atoms with Gasteiger partial charge in [-0.3, -0.25) is 4.79 Å². The number of aryl methyl sites for hydroxylation is 2. The van der Waals surface area contributed by atoms with E-state index < -0.39 is 5.60 Å². The Bertz CT molecular complexity index is 1160. The molecule has 1 atom stereocenters. The first-order valence-corrected chi connectivity index (χ1v) is 11.4. The van der Waals surface area contributed by atoms with E-state index >= 15 is 0 Å². The summed E-state index contributed by atoms with van der Waals surface area (Å²) in [5.74, 6) is 2.12. The molecule has 1 N–H and O–H groups in total. The Kier molecular flexibility index (Phi) is 8.15. The van der Waals surface area contributed by atoms with E-state index in [1.165, 1.54) is 13.4 Å². The molecule has 1 aliphatic heterocycles. The van der Waals surface area contributed by atoms with Crippen molar-refractivity contribution >= 4 is 29.5 Å². The van der Waals surface area contributed by atoms with Gasteiger partial charge in [0.1, 0.15) is 23.6 Å². The Hall–Kier alpha value is -3.83. The third-order valence-electron chi connectivity index (χ3n) is 5.16. The minimum Gasteiger partial charge on any atom is -0.471 e. The number of ether oxygens (including phenoxy) is 2. The Morgan fingerprint density at radius 3 is 2.51 bits per heavy atom. The number of nitrogens with zero attached hydrogens (tertiary/aromatic N) is 7. The van der Waals surface area contributed by atoms with E-state index in [1.54, 1.807) is 17.3 Å². The number of carbonyl (C=O) groups excluding carboxylic acids is 2. The zero-order valence-corrected chi connectivity index (χ0v) is 21.0. The number of hydrogen-bond acceptors (Lipinski definition) is 10. The summed E-state index contributed by atoms with van der Waals surface area (Å²) in [6.07, 6.45) is 5.59. The molecule has 4 heterocycles. The van der Waals surface area contributed by atoms with Crippen molar-refractivity contribution in [2.24, 2.45) is 0 Å². The Labute approximate surface area is 204 Å². The first-order chi connectivity index (χ1) is 16.7. The maximum absolute atomic E-state index is 12.4. The smallest absolute Gasteiger partial charge is 0.410 e. The number of methoxy groups -OCH3 is 1. The maximum atomic E-state index is 12.4. The average molecular weight is 485 g/mol. The van der Waals surface area contributed by atoms with Crippen LogP contribution in [0.2, 0.25) is 0 Å². The van der Waals surface area contributed by atoms with Crippen LogP contribution in [0.4, 0.5) is 10.6 Å². The third-order valence-corrected chi connectivity index (χ3v) is 5.16.